The summed E-state index contributed by atoms with van der Waals surface area (Å²) in [6.07, 6.45) is 0.864. The van der Waals surface area contributed by atoms with E-state index < -0.39 is 0 Å². The van der Waals surface area contributed by atoms with Crippen LogP contribution in [0.15, 0.2) is 12.1 Å². The molecule has 1 rings (SSSR count). The van der Waals surface area contributed by atoms with Crippen LogP contribution in [0.25, 0.3) is 0 Å². The van der Waals surface area contributed by atoms with Crippen molar-refractivity contribution in [2.75, 3.05) is 0 Å². The number of rotatable bonds is 2. The fraction of sp³-hybridized carbons (Fsp3) is 0.500. The van der Waals surface area contributed by atoms with E-state index in [0.29, 0.717) is 0 Å². The zero-order valence-corrected chi connectivity index (χ0v) is 7.96. The van der Waals surface area contributed by atoms with Crippen LogP contribution in [-0.2, 0) is 6.42 Å². The van der Waals surface area contributed by atoms with Crippen molar-refractivity contribution < 1.29 is 0 Å². The molecule has 0 aromatic carbocycles. The van der Waals surface area contributed by atoms with Gasteiger partial charge < -0.3 is 5.73 Å². The Labute approximate surface area is 73.8 Å². The minimum atomic E-state index is 0.193. The van der Waals surface area contributed by atoms with Crippen LogP contribution in [0, 0.1) is 13.8 Å². The van der Waals surface area contributed by atoms with E-state index in [9.17, 15) is 0 Å². The molecule has 1 atom stereocenters. The Hall–Kier alpha value is -0.890. The van der Waals surface area contributed by atoms with Crippen LogP contribution >= 0.6 is 0 Å². The van der Waals surface area contributed by atoms with Crippen molar-refractivity contribution in [2.45, 2.75) is 33.2 Å². The van der Waals surface area contributed by atoms with Crippen LogP contribution in [0.4, 0.5) is 0 Å². The fourth-order valence-corrected chi connectivity index (χ4v) is 1.36. The maximum Gasteiger partial charge on any atom is 0.0424 e. The molecule has 66 valence electrons. The fourth-order valence-electron chi connectivity index (χ4n) is 1.36. The predicted molar refractivity (Wildman–Crippen MR) is 51.1 cm³/mol. The van der Waals surface area contributed by atoms with Gasteiger partial charge in [0.1, 0.15) is 0 Å². The largest absolute Gasteiger partial charge is 0.328 e. The van der Waals surface area contributed by atoms with Crippen LogP contribution in [-0.4, -0.2) is 11.0 Å². The van der Waals surface area contributed by atoms with E-state index in [2.05, 4.69) is 24.0 Å². The van der Waals surface area contributed by atoms with Crippen molar-refractivity contribution in [3.63, 3.8) is 0 Å². The van der Waals surface area contributed by atoms with Gasteiger partial charge in [-0.25, -0.2) is 0 Å². The highest BCUT2D eigenvalue weighted by molar-refractivity contribution is 5.19. The van der Waals surface area contributed by atoms with Gasteiger partial charge in [-0.15, -0.1) is 0 Å². The van der Waals surface area contributed by atoms with Crippen LogP contribution < -0.4 is 5.73 Å². The standard InChI is InChI=1S/C10H16N2/c1-7-4-9(3)12-10(5-7)6-8(2)11/h4-5,8H,6,11H2,1-3H3/t8-/m1/s1. The Balaban J connectivity index is 2.85. The van der Waals surface area contributed by atoms with Crippen molar-refractivity contribution in [2.24, 2.45) is 5.73 Å². The Bertz CT molecular complexity index is 246. The summed E-state index contributed by atoms with van der Waals surface area (Å²) < 4.78 is 0. The second-order valence-corrected chi connectivity index (χ2v) is 3.46. The average molecular weight is 164 g/mol. The molecule has 0 unspecified atom stereocenters. The molecule has 0 radical (unpaired) electrons. The molecule has 2 N–H and O–H groups in total. The van der Waals surface area contributed by atoms with Gasteiger partial charge in [0.2, 0.25) is 0 Å². The van der Waals surface area contributed by atoms with Crippen LogP contribution in [0.2, 0.25) is 0 Å². The third kappa shape index (κ3) is 2.62. The number of nitrogens with two attached hydrogens (primary N) is 1. The molecule has 0 fully saturated rings. The van der Waals surface area contributed by atoms with E-state index in [1.54, 1.807) is 0 Å². The Morgan fingerprint density at radius 3 is 2.58 bits per heavy atom. The Morgan fingerprint density at radius 2 is 2.08 bits per heavy atom. The molecular weight excluding hydrogens is 148 g/mol. The van der Waals surface area contributed by atoms with Crippen molar-refractivity contribution in [3.8, 4) is 0 Å². The summed E-state index contributed by atoms with van der Waals surface area (Å²) in [6, 6.07) is 4.36. The lowest BCUT2D eigenvalue weighted by Crippen LogP contribution is -2.18. The molecule has 0 aliphatic heterocycles. The van der Waals surface area contributed by atoms with Gasteiger partial charge in [0.15, 0.2) is 0 Å². The lowest BCUT2D eigenvalue weighted by atomic mass is 10.1. The van der Waals surface area contributed by atoms with E-state index in [0.717, 1.165) is 17.8 Å². The van der Waals surface area contributed by atoms with Gasteiger partial charge in [-0.3, -0.25) is 4.98 Å². The van der Waals surface area contributed by atoms with Crippen molar-refractivity contribution >= 4 is 0 Å². The lowest BCUT2D eigenvalue weighted by molar-refractivity contribution is 0.719. The maximum absolute atomic E-state index is 5.68. The van der Waals surface area contributed by atoms with E-state index in [4.69, 9.17) is 5.73 Å². The quantitative estimate of drug-likeness (QED) is 0.721. The molecule has 2 heteroatoms. The first-order chi connectivity index (χ1) is 5.58. The molecule has 0 saturated carbocycles. The SMILES string of the molecule is Cc1cc(C)nc(C[C@@H](C)N)c1. The first-order valence-corrected chi connectivity index (χ1v) is 4.27. The summed E-state index contributed by atoms with van der Waals surface area (Å²) in [6.45, 7) is 6.09. The Morgan fingerprint density at radius 1 is 1.42 bits per heavy atom. The number of aryl methyl sites for hydroxylation is 2. The van der Waals surface area contributed by atoms with Crippen molar-refractivity contribution in [1.29, 1.82) is 0 Å². The van der Waals surface area contributed by atoms with Gasteiger partial charge in [0.05, 0.1) is 0 Å². The number of hydrogen-bond acceptors (Lipinski definition) is 2. The first-order valence-electron chi connectivity index (χ1n) is 4.27. The highest BCUT2D eigenvalue weighted by Crippen LogP contribution is 2.05. The molecule has 1 aromatic rings. The smallest absolute Gasteiger partial charge is 0.0424 e. The third-order valence-corrected chi connectivity index (χ3v) is 1.68. The molecule has 0 spiro atoms. The van der Waals surface area contributed by atoms with Crippen molar-refractivity contribution in [3.05, 3.63) is 29.1 Å². The van der Waals surface area contributed by atoms with Gasteiger partial charge >= 0.3 is 0 Å². The third-order valence-electron chi connectivity index (χ3n) is 1.68. The summed E-state index contributed by atoms with van der Waals surface area (Å²) in [7, 11) is 0. The highest BCUT2D eigenvalue weighted by atomic mass is 14.7. The molecular formula is C10H16N2. The van der Waals surface area contributed by atoms with E-state index >= 15 is 0 Å². The zero-order chi connectivity index (χ0) is 9.14. The van der Waals surface area contributed by atoms with Crippen LogP contribution in [0.1, 0.15) is 23.9 Å². The van der Waals surface area contributed by atoms with Gasteiger partial charge in [0.25, 0.3) is 0 Å². The topological polar surface area (TPSA) is 38.9 Å². The maximum atomic E-state index is 5.68. The van der Waals surface area contributed by atoms with E-state index in [-0.39, 0.29) is 6.04 Å². The number of hydrogen-bond donors (Lipinski definition) is 1. The molecule has 1 aromatic heterocycles. The monoisotopic (exact) mass is 164 g/mol. The van der Waals surface area contributed by atoms with E-state index in [1.165, 1.54) is 5.56 Å². The molecule has 0 saturated heterocycles. The minimum Gasteiger partial charge on any atom is -0.328 e. The Kier molecular flexibility index (Phi) is 2.82. The van der Waals surface area contributed by atoms with Gasteiger partial charge in [-0.2, -0.15) is 0 Å². The van der Waals surface area contributed by atoms with Crippen LogP contribution in [0.5, 0.6) is 0 Å². The normalized spacial score (nSPS) is 13.0. The molecule has 0 bridgehead atoms. The van der Waals surface area contributed by atoms with Gasteiger partial charge in [-0.1, -0.05) is 0 Å². The number of aromatic nitrogens is 1. The predicted octanol–water partition coefficient (Wildman–Crippen LogP) is 1.59. The first kappa shape index (κ1) is 9.20. The minimum absolute atomic E-state index is 0.193. The molecule has 0 amide bonds. The number of pyridine rings is 1. The molecule has 2 nitrogen and oxygen atoms in total. The second-order valence-electron chi connectivity index (χ2n) is 3.46. The lowest BCUT2D eigenvalue weighted by Gasteiger charge is -2.06. The number of nitrogens with zero attached hydrogens (tertiary/aromatic N) is 1. The average Bonchev–Trinajstić information content (AvgIpc) is 1.81. The zero-order valence-electron chi connectivity index (χ0n) is 7.96. The summed E-state index contributed by atoms with van der Waals surface area (Å²) in [5, 5.41) is 0. The molecule has 12 heavy (non-hydrogen) atoms. The summed E-state index contributed by atoms with van der Waals surface area (Å²) in [4.78, 5) is 4.39. The molecule has 0 aliphatic carbocycles. The van der Waals surface area contributed by atoms with Gasteiger partial charge in [0, 0.05) is 23.9 Å². The highest BCUT2D eigenvalue weighted by Gasteiger charge is 2.00. The summed E-state index contributed by atoms with van der Waals surface area (Å²) in [5.41, 5.74) is 9.12. The summed E-state index contributed by atoms with van der Waals surface area (Å²) >= 11 is 0. The van der Waals surface area contributed by atoms with Crippen molar-refractivity contribution in [1.82, 2.24) is 4.98 Å². The van der Waals surface area contributed by atoms with Gasteiger partial charge in [-0.05, 0) is 38.5 Å². The summed E-state index contributed by atoms with van der Waals surface area (Å²) in [5.74, 6) is 0. The van der Waals surface area contributed by atoms with E-state index in [1.807, 2.05) is 13.8 Å². The second kappa shape index (κ2) is 3.68. The molecule has 1 heterocycles. The molecule has 0 aliphatic rings. The van der Waals surface area contributed by atoms with Crippen LogP contribution in [0.3, 0.4) is 0 Å².